The van der Waals surface area contributed by atoms with Gasteiger partial charge >= 0.3 is 0 Å². The Morgan fingerprint density at radius 3 is 2.24 bits per heavy atom. The summed E-state index contributed by atoms with van der Waals surface area (Å²) in [7, 11) is 0. The number of nitrogens with one attached hydrogen (secondary N) is 1. The Kier molecular flexibility index (Phi) is 8.89. The van der Waals surface area contributed by atoms with Crippen LogP contribution in [0.4, 0.5) is 0 Å². The fraction of sp³-hybridized carbons (Fsp3) is 1.00. The molecule has 2 heteroatoms. The van der Waals surface area contributed by atoms with Crippen molar-refractivity contribution in [2.24, 2.45) is 5.92 Å². The second-order valence-electron chi connectivity index (χ2n) is 7.51. The largest absolute Gasteiger partial charge is 0.312 e. The van der Waals surface area contributed by atoms with Crippen molar-refractivity contribution >= 4 is 0 Å². The number of likely N-dealkylation sites (tertiary alicyclic amines) is 1. The zero-order valence-corrected chi connectivity index (χ0v) is 15.4. The van der Waals surface area contributed by atoms with E-state index < -0.39 is 0 Å². The Labute approximate surface area is 134 Å². The summed E-state index contributed by atoms with van der Waals surface area (Å²) in [5.74, 6) is 0.890. The third kappa shape index (κ3) is 5.90. The molecule has 0 bridgehead atoms. The van der Waals surface area contributed by atoms with E-state index in [1.54, 1.807) is 0 Å². The van der Waals surface area contributed by atoms with Gasteiger partial charge in [-0.1, -0.05) is 46.5 Å². The van der Waals surface area contributed by atoms with Crippen molar-refractivity contribution in [3.63, 3.8) is 0 Å². The zero-order valence-electron chi connectivity index (χ0n) is 15.4. The van der Waals surface area contributed by atoms with Gasteiger partial charge in [0.1, 0.15) is 0 Å². The average Bonchev–Trinajstić information content (AvgIpc) is 3.01. The molecule has 2 unspecified atom stereocenters. The molecule has 0 aliphatic carbocycles. The van der Waals surface area contributed by atoms with E-state index in [1.165, 1.54) is 64.5 Å². The molecule has 1 rings (SSSR count). The molecule has 1 N–H and O–H groups in total. The molecule has 1 aliphatic heterocycles. The quantitative estimate of drug-likeness (QED) is 0.587. The lowest BCUT2D eigenvalue weighted by Gasteiger charge is -2.44. The van der Waals surface area contributed by atoms with Gasteiger partial charge in [-0.05, 0) is 65.1 Å². The number of unbranched alkanes of at least 4 members (excludes halogenated alkanes) is 1. The second-order valence-corrected chi connectivity index (χ2v) is 7.51. The molecule has 1 aliphatic rings. The van der Waals surface area contributed by atoms with Gasteiger partial charge in [0.05, 0.1) is 0 Å². The van der Waals surface area contributed by atoms with Crippen LogP contribution in [0.3, 0.4) is 0 Å². The van der Waals surface area contributed by atoms with Crippen molar-refractivity contribution in [3.8, 4) is 0 Å². The van der Waals surface area contributed by atoms with Crippen LogP contribution < -0.4 is 5.32 Å². The molecule has 1 heterocycles. The molecule has 126 valence electrons. The highest BCUT2D eigenvalue weighted by Gasteiger charge is 2.37. The summed E-state index contributed by atoms with van der Waals surface area (Å²) >= 11 is 0. The maximum atomic E-state index is 3.89. The maximum absolute atomic E-state index is 3.89. The van der Waals surface area contributed by atoms with Crippen LogP contribution in [0.25, 0.3) is 0 Å². The van der Waals surface area contributed by atoms with Crippen LogP contribution in [0, 0.1) is 5.92 Å². The van der Waals surface area contributed by atoms with Crippen molar-refractivity contribution in [3.05, 3.63) is 0 Å². The summed E-state index contributed by atoms with van der Waals surface area (Å²) in [4.78, 5) is 2.73. The molecule has 2 atom stereocenters. The highest BCUT2D eigenvalue weighted by Crippen LogP contribution is 2.30. The Morgan fingerprint density at radius 2 is 1.71 bits per heavy atom. The highest BCUT2D eigenvalue weighted by molar-refractivity contribution is 4.96. The van der Waals surface area contributed by atoms with E-state index in [2.05, 4.69) is 44.8 Å². The molecule has 0 amide bonds. The first-order valence-electron chi connectivity index (χ1n) is 9.54. The van der Waals surface area contributed by atoms with Crippen LogP contribution in [-0.2, 0) is 0 Å². The van der Waals surface area contributed by atoms with Gasteiger partial charge in [0.15, 0.2) is 0 Å². The van der Waals surface area contributed by atoms with Gasteiger partial charge in [-0.15, -0.1) is 0 Å². The Hall–Kier alpha value is -0.0800. The molecule has 21 heavy (non-hydrogen) atoms. The summed E-state index contributed by atoms with van der Waals surface area (Å²) in [6.07, 6.45) is 10.8. The van der Waals surface area contributed by atoms with E-state index in [-0.39, 0.29) is 0 Å². The zero-order chi connectivity index (χ0) is 15.7. The minimum atomic E-state index is 0.297. The minimum Gasteiger partial charge on any atom is -0.312 e. The normalized spacial score (nSPS) is 19.9. The third-order valence-electron chi connectivity index (χ3n) is 5.53. The van der Waals surface area contributed by atoms with Gasteiger partial charge in [-0.2, -0.15) is 0 Å². The molecule has 2 nitrogen and oxygen atoms in total. The minimum absolute atomic E-state index is 0.297. The van der Waals surface area contributed by atoms with Gasteiger partial charge in [0.25, 0.3) is 0 Å². The maximum Gasteiger partial charge on any atom is 0.0306 e. The van der Waals surface area contributed by atoms with E-state index in [9.17, 15) is 0 Å². The fourth-order valence-corrected chi connectivity index (χ4v) is 3.77. The monoisotopic (exact) mass is 296 g/mol. The van der Waals surface area contributed by atoms with Gasteiger partial charge in [-0.25, -0.2) is 0 Å². The first-order chi connectivity index (χ1) is 10.1. The smallest absolute Gasteiger partial charge is 0.0306 e. The molecule has 0 spiro atoms. The molecule has 0 aromatic heterocycles. The summed E-state index contributed by atoms with van der Waals surface area (Å²) in [5.41, 5.74) is 0.297. The molecule has 0 radical (unpaired) electrons. The van der Waals surface area contributed by atoms with Crippen LogP contribution in [-0.4, -0.2) is 36.1 Å². The first kappa shape index (κ1) is 19.0. The third-order valence-corrected chi connectivity index (χ3v) is 5.53. The molecule has 0 aromatic carbocycles. The topological polar surface area (TPSA) is 15.3 Å². The lowest BCUT2D eigenvalue weighted by molar-refractivity contribution is 0.0919. The summed E-state index contributed by atoms with van der Waals surface area (Å²) < 4.78 is 0. The highest BCUT2D eigenvalue weighted by atomic mass is 15.2. The summed E-state index contributed by atoms with van der Waals surface area (Å²) in [5, 5.41) is 3.89. The van der Waals surface area contributed by atoms with E-state index in [1.807, 2.05) is 0 Å². The second kappa shape index (κ2) is 9.84. The SMILES string of the molecule is CCCCC(CC)CC(NCCC)C(C)(C)N1CCCC1. The summed E-state index contributed by atoms with van der Waals surface area (Å²) in [6.45, 7) is 15.7. The molecule has 1 saturated heterocycles. The standard InChI is InChI=1S/C19H40N2/c1-6-9-12-17(8-3)16-18(20-13-7-2)19(4,5)21-14-10-11-15-21/h17-18,20H,6-16H2,1-5H3. The molecular formula is C19H40N2. The summed E-state index contributed by atoms with van der Waals surface area (Å²) in [6, 6.07) is 0.636. The lowest BCUT2D eigenvalue weighted by Crippen LogP contribution is -2.57. The lowest BCUT2D eigenvalue weighted by atomic mass is 9.82. The van der Waals surface area contributed by atoms with Crippen molar-refractivity contribution in [1.29, 1.82) is 0 Å². The Morgan fingerprint density at radius 1 is 1.05 bits per heavy atom. The molecule has 0 saturated carbocycles. The molecular weight excluding hydrogens is 256 g/mol. The predicted molar refractivity (Wildman–Crippen MR) is 94.9 cm³/mol. The van der Waals surface area contributed by atoms with Gasteiger partial charge in [-0.3, -0.25) is 4.90 Å². The van der Waals surface area contributed by atoms with Crippen molar-refractivity contribution in [2.45, 2.75) is 97.6 Å². The van der Waals surface area contributed by atoms with E-state index in [4.69, 9.17) is 0 Å². The number of hydrogen-bond donors (Lipinski definition) is 1. The van der Waals surface area contributed by atoms with Crippen LogP contribution in [0.5, 0.6) is 0 Å². The van der Waals surface area contributed by atoms with Crippen molar-refractivity contribution in [1.82, 2.24) is 10.2 Å². The predicted octanol–water partition coefficient (Wildman–Crippen LogP) is 4.84. The van der Waals surface area contributed by atoms with Crippen LogP contribution in [0.15, 0.2) is 0 Å². The van der Waals surface area contributed by atoms with E-state index in [0.29, 0.717) is 11.6 Å². The van der Waals surface area contributed by atoms with Gasteiger partial charge < -0.3 is 5.32 Å². The van der Waals surface area contributed by atoms with E-state index >= 15 is 0 Å². The van der Waals surface area contributed by atoms with Gasteiger partial charge in [0.2, 0.25) is 0 Å². The number of nitrogens with zero attached hydrogens (tertiary/aromatic N) is 1. The van der Waals surface area contributed by atoms with Crippen LogP contribution in [0.1, 0.15) is 86.0 Å². The molecule has 0 aromatic rings. The van der Waals surface area contributed by atoms with E-state index in [0.717, 1.165) is 12.5 Å². The van der Waals surface area contributed by atoms with Crippen LogP contribution >= 0.6 is 0 Å². The number of rotatable bonds is 11. The Bertz CT molecular complexity index is 256. The van der Waals surface area contributed by atoms with Crippen LogP contribution in [0.2, 0.25) is 0 Å². The van der Waals surface area contributed by atoms with Gasteiger partial charge in [0, 0.05) is 11.6 Å². The number of hydrogen-bond acceptors (Lipinski definition) is 2. The van der Waals surface area contributed by atoms with Crippen molar-refractivity contribution < 1.29 is 0 Å². The Balaban J connectivity index is 2.67. The van der Waals surface area contributed by atoms with Crippen molar-refractivity contribution in [2.75, 3.05) is 19.6 Å². The fourth-order valence-electron chi connectivity index (χ4n) is 3.77. The first-order valence-corrected chi connectivity index (χ1v) is 9.54. The molecule has 1 fully saturated rings. The average molecular weight is 297 g/mol.